The third-order valence-corrected chi connectivity index (χ3v) is 3.07. The van der Waals surface area contributed by atoms with E-state index in [2.05, 4.69) is 9.47 Å². The Morgan fingerprint density at radius 1 is 1.11 bits per heavy atom. The maximum absolute atomic E-state index is 12.6. The monoisotopic (exact) mass is 401 g/mol. The highest BCUT2D eigenvalue weighted by molar-refractivity contribution is 5.92. The van der Waals surface area contributed by atoms with Crippen LogP contribution in [0.25, 0.3) is 6.08 Å². The minimum Gasteiger partial charge on any atom is -0.435 e. The molecule has 0 aromatic heterocycles. The van der Waals surface area contributed by atoms with Gasteiger partial charge in [0, 0.05) is 31.4 Å². The predicted octanol–water partition coefficient (Wildman–Crippen LogP) is 3.64. The van der Waals surface area contributed by atoms with E-state index in [4.69, 9.17) is 4.74 Å². The molecule has 0 radical (unpaired) electrons. The molecular weight excluding hydrogens is 384 g/mol. The zero-order chi connectivity index (χ0) is 20.4. The quantitative estimate of drug-likeness (QED) is 0.420. The molecule has 0 aliphatic heterocycles. The number of amides is 1. The molecule has 1 amide bonds. The summed E-state index contributed by atoms with van der Waals surface area (Å²) in [4.78, 5) is 12.9. The Hall–Kier alpha value is -2.43. The van der Waals surface area contributed by atoms with Gasteiger partial charge in [0.2, 0.25) is 5.91 Å². The lowest BCUT2D eigenvalue weighted by atomic mass is 10.1. The summed E-state index contributed by atoms with van der Waals surface area (Å²) in [7, 11) is 1.33. The second-order valence-electron chi connectivity index (χ2n) is 4.96. The summed E-state index contributed by atoms with van der Waals surface area (Å²) in [6, 6.07) is 2.95. The summed E-state index contributed by atoms with van der Waals surface area (Å²) in [6.07, 6.45) is -0.862. The largest absolute Gasteiger partial charge is 0.435 e. The highest BCUT2D eigenvalue weighted by Gasteiger charge is 2.17. The van der Waals surface area contributed by atoms with E-state index in [0.717, 1.165) is 35.3 Å². The van der Waals surface area contributed by atoms with Gasteiger partial charge in [-0.05, 0) is 18.2 Å². The van der Waals surface area contributed by atoms with E-state index in [1.807, 2.05) is 0 Å². The molecule has 1 aromatic rings. The Bertz CT molecular complexity index is 627. The van der Waals surface area contributed by atoms with Crippen molar-refractivity contribution >= 4 is 12.0 Å². The minimum atomic E-state index is -3.26. The lowest BCUT2D eigenvalue weighted by Crippen LogP contribution is -2.36. The van der Waals surface area contributed by atoms with Gasteiger partial charge in [0.15, 0.2) is 0 Å². The molecule has 0 spiro atoms. The van der Waals surface area contributed by atoms with Crippen molar-refractivity contribution in [1.29, 1.82) is 0 Å². The number of hydrogen-bond donors (Lipinski definition) is 0. The van der Waals surface area contributed by atoms with Crippen LogP contribution >= 0.6 is 0 Å². The number of halogens is 6. The molecule has 0 aliphatic carbocycles. The molecule has 0 N–H and O–H groups in total. The molecule has 1 rings (SSSR count). The highest BCUT2D eigenvalue weighted by Crippen LogP contribution is 2.28. The van der Waals surface area contributed by atoms with Crippen LogP contribution in [0.15, 0.2) is 24.3 Å². The number of benzene rings is 1. The van der Waals surface area contributed by atoms with Gasteiger partial charge in [-0.2, -0.15) is 17.6 Å². The van der Waals surface area contributed by atoms with Crippen LogP contribution in [-0.4, -0.2) is 57.3 Å². The van der Waals surface area contributed by atoms with Gasteiger partial charge in [0.05, 0.1) is 13.2 Å². The van der Waals surface area contributed by atoms with Gasteiger partial charge >= 0.3 is 13.2 Å². The number of hydrogen-bond acceptors (Lipinski definition) is 4. The Kier molecular flexibility index (Phi) is 9.48. The average molecular weight is 401 g/mol. The first-order valence-electron chi connectivity index (χ1n) is 7.50. The van der Waals surface area contributed by atoms with Gasteiger partial charge in [-0.1, -0.05) is 0 Å². The van der Waals surface area contributed by atoms with E-state index in [1.165, 1.54) is 7.11 Å². The van der Waals surface area contributed by atoms with Gasteiger partial charge in [0.1, 0.15) is 11.5 Å². The number of nitrogens with zero attached hydrogens (tertiary/aromatic N) is 1. The van der Waals surface area contributed by atoms with Gasteiger partial charge in [-0.15, -0.1) is 0 Å². The van der Waals surface area contributed by atoms with Gasteiger partial charge in [-0.25, -0.2) is 8.78 Å². The van der Waals surface area contributed by atoms with Gasteiger partial charge in [-0.3, -0.25) is 4.79 Å². The summed E-state index contributed by atoms with van der Waals surface area (Å²) in [5, 5.41) is 0. The molecule has 0 fully saturated rings. The second kappa shape index (κ2) is 11.3. The Balaban J connectivity index is 3.00. The molecule has 0 aliphatic rings. The zero-order valence-corrected chi connectivity index (χ0v) is 14.1. The smallest absolute Gasteiger partial charge is 0.387 e. The number of carbonyl (C=O) groups is 1. The number of rotatable bonds is 11. The molecule has 0 heterocycles. The van der Waals surface area contributed by atoms with Crippen molar-refractivity contribution in [2.24, 2.45) is 0 Å². The molecule has 11 heteroatoms. The summed E-state index contributed by atoms with van der Waals surface area (Å²) in [5.74, 6) is -1.77. The molecule has 0 saturated heterocycles. The van der Waals surface area contributed by atoms with Gasteiger partial charge < -0.3 is 19.1 Å². The van der Waals surface area contributed by atoms with Crippen molar-refractivity contribution in [2.75, 3.05) is 26.8 Å². The van der Waals surface area contributed by atoms with Crippen molar-refractivity contribution in [3.05, 3.63) is 29.8 Å². The third-order valence-electron chi connectivity index (χ3n) is 3.07. The SMILES string of the molecule is COCCN(CC(F)F)C(=O)/C=C/c1ccc(OC(F)F)cc1OC(F)F. The molecule has 1 aromatic carbocycles. The molecule has 0 bridgehead atoms. The maximum atomic E-state index is 12.6. The predicted molar refractivity (Wildman–Crippen MR) is 83.2 cm³/mol. The summed E-state index contributed by atoms with van der Waals surface area (Å²) < 4.78 is 87.6. The van der Waals surface area contributed by atoms with E-state index in [9.17, 15) is 31.1 Å². The highest BCUT2D eigenvalue weighted by atomic mass is 19.3. The van der Waals surface area contributed by atoms with Crippen LogP contribution in [0.5, 0.6) is 11.5 Å². The van der Waals surface area contributed by atoms with Crippen molar-refractivity contribution in [1.82, 2.24) is 4.90 Å². The van der Waals surface area contributed by atoms with E-state index < -0.39 is 43.6 Å². The van der Waals surface area contributed by atoms with E-state index in [1.54, 1.807) is 0 Å². The molecule has 5 nitrogen and oxygen atoms in total. The average Bonchev–Trinajstić information content (AvgIpc) is 2.56. The van der Waals surface area contributed by atoms with Crippen LogP contribution in [0.3, 0.4) is 0 Å². The van der Waals surface area contributed by atoms with Crippen molar-refractivity contribution in [3.8, 4) is 11.5 Å². The first-order chi connectivity index (χ1) is 12.7. The van der Waals surface area contributed by atoms with Crippen molar-refractivity contribution in [3.63, 3.8) is 0 Å². The molecular formula is C16H17F6NO4. The molecule has 27 heavy (non-hydrogen) atoms. The van der Waals surface area contributed by atoms with Crippen LogP contribution in [0.4, 0.5) is 26.3 Å². The first kappa shape index (κ1) is 22.6. The lowest BCUT2D eigenvalue weighted by molar-refractivity contribution is -0.128. The lowest BCUT2D eigenvalue weighted by Gasteiger charge is -2.20. The molecule has 0 atom stereocenters. The summed E-state index contributed by atoms with van der Waals surface area (Å²) in [6.45, 7) is -7.35. The minimum absolute atomic E-state index is 0.0196. The topological polar surface area (TPSA) is 48.0 Å². The fourth-order valence-corrected chi connectivity index (χ4v) is 1.95. The Labute approximate surface area is 151 Å². The first-order valence-corrected chi connectivity index (χ1v) is 7.50. The summed E-state index contributed by atoms with van der Waals surface area (Å²) in [5.41, 5.74) is -0.0611. The second-order valence-corrected chi connectivity index (χ2v) is 4.96. The third kappa shape index (κ3) is 8.67. The van der Waals surface area contributed by atoms with Crippen LogP contribution < -0.4 is 9.47 Å². The Morgan fingerprint density at radius 2 is 1.78 bits per heavy atom. The normalized spacial score (nSPS) is 11.6. The number of alkyl halides is 6. The van der Waals surface area contributed by atoms with Crippen LogP contribution in [0.2, 0.25) is 0 Å². The van der Waals surface area contributed by atoms with E-state index in [0.29, 0.717) is 0 Å². The number of carbonyl (C=O) groups excluding carboxylic acids is 1. The number of ether oxygens (including phenoxy) is 3. The van der Waals surface area contributed by atoms with Crippen LogP contribution in [0.1, 0.15) is 5.56 Å². The van der Waals surface area contributed by atoms with Gasteiger partial charge in [0.25, 0.3) is 6.43 Å². The fraction of sp³-hybridized carbons (Fsp3) is 0.438. The maximum Gasteiger partial charge on any atom is 0.387 e. The molecule has 152 valence electrons. The van der Waals surface area contributed by atoms with E-state index in [-0.39, 0.29) is 18.7 Å². The standard InChI is InChI=1S/C16H17F6NO4/c1-25-7-6-23(9-13(17)18)14(24)5-3-10-2-4-11(26-15(19)20)8-12(10)27-16(21)22/h2-5,8,13,15-16H,6-7,9H2,1H3/b5-3+. The fourth-order valence-electron chi connectivity index (χ4n) is 1.95. The Morgan fingerprint density at radius 3 is 2.33 bits per heavy atom. The van der Waals surface area contributed by atoms with Crippen molar-refractivity contribution < 1.29 is 45.3 Å². The summed E-state index contributed by atoms with van der Waals surface area (Å²) >= 11 is 0. The van der Waals surface area contributed by atoms with Crippen molar-refractivity contribution in [2.45, 2.75) is 19.6 Å². The molecule has 0 unspecified atom stereocenters. The van der Waals surface area contributed by atoms with Crippen LogP contribution in [-0.2, 0) is 9.53 Å². The molecule has 0 saturated carbocycles. The number of methoxy groups -OCH3 is 1. The van der Waals surface area contributed by atoms with E-state index >= 15 is 0 Å². The van der Waals surface area contributed by atoms with Crippen LogP contribution in [0, 0.1) is 0 Å². The zero-order valence-electron chi connectivity index (χ0n) is 14.1.